The average molecular weight is 448 g/mol. The number of hydrogen-bond acceptors (Lipinski definition) is 4. The molecule has 2 aromatic rings. The van der Waals surface area contributed by atoms with Gasteiger partial charge in [-0.25, -0.2) is 4.79 Å². The molecule has 2 aliphatic carbocycles. The molecule has 0 saturated heterocycles. The monoisotopic (exact) mass is 448 g/mol. The molecule has 4 rings (SSSR count). The van der Waals surface area contributed by atoms with E-state index in [1.807, 2.05) is 20.8 Å². The number of ether oxygens (including phenoxy) is 3. The SMILES string of the molecule is CC(C)(C)C1(Oc2cc(C(=O)Oc3ccccc3)ccc2OC(F)(F)F)CC2CCC1C2. The summed E-state index contributed by atoms with van der Waals surface area (Å²) in [6.07, 6.45) is -1.02. The summed E-state index contributed by atoms with van der Waals surface area (Å²) < 4.78 is 55.3. The van der Waals surface area contributed by atoms with Crippen molar-refractivity contribution in [2.75, 3.05) is 0 Å². The van der Waals surface area contributed by atoms with E-state index in [1.54, 1.807) is 30.3 Å². The molecule has 3 unspecified atom stereocenters. The average Bonchev–Trinajstić information content (AvgIpc) is 3.30. The highest BCUT2D eigenvalue weighted by Crippen LogP contribution is 2.59. The van der Waals surface area contributed by atoms with Gasteiger partial charge < -0.3 is 14.2 Å². The predicted molar refractivity (Wildman–Crippen MR) is 113 cm³/mol. The van der Waals surface area contributed by atoms with Gasteiger partial charge in [-0.3, -0.25) is 0 Å². The Balaban J connectivity index is 1.69. The van der Waals surface area contributed by atoms with E-state index in [2.05, 4.69) is 4.74 Å². The molecule has 7 heteroatoms. The first kappa shape index (κ1) is 22.5. The Bertz CT molecular complexity index is 981. The normalized spacial score (nSPS) is 24.9. The first-order chi connectivity index (χ1) is 15.0. The second kappa shape index (κ2) is 8.01. The van der Waals surface area contributed by atoms with Crippen LogP contribution in [0.5, 0.6) is 17.2 Å². The number of halogens is 3. The molecule has 0 aromatic heterocycles. The first-order valence-corrected chi connectivity index (χ1v) is 10.8. The maximum Gasteiger partial charge on any atom is 0.573 e. The topological polar surface area (TPSA) is 44.8 Å². The number of hydrogen-bond donors (Lipinski definition) is 0. The first-order valence-electron chi connectivity index (χ1n) is 10.8. The van der Waals surface area contributed by atoms with Crippen LogP contribution in [0.4, 0.5) is 13.2 Å². The van der Waals surface area contributed by atoms with Crippen LogP contribution in [0.3, 0.4) is 0 Å². The maximum absolute atomic E-state index is 13.1. The van der Waals surface area contributed by atoms with E-state index >= 15 is 0 Å². The summed E-state index contributed by atoms with van der Waals surface area (Å²) in [5.74, 6) is -0.150. The van der Waals surface area contributed by atoms with Gasteiger partial charge in [0.25, 0.3) is 0 Å². The number of fused-ring (bicyclic) bond motifs is 2. The van der Waals surface area contributed by atoms with Crippen molar-refractivity contribution < 1.29 is 32.2 Å². The lowest BCUT2D eigenvalue weighted by atomic mass is 9.67. The van der Waals surface area contributed by atoms with Gasteiger partial charge in [-0.05, 0) is 67.9 Å². The lowest BCUT2D eigenvalue weighted by molar-refractivity contribution is -0.275. The predicted octanol–water partition coefficient (Wildman–Crippen LogP) is 6.79. The van der Waals surface area contributed by atoms with Crippen LogP contribution >= 0.6 is 0 Å². The van der Waals surface area contributed by atoms with Gasteiger partial charge in [0.05, 0.1) is 5.56 Å². The van der Waals surface area contributed by atoms with Gasteiger partial charge in [0.1, 0.15) is 11.4 Å². The highest BCUT2D eigenvalue weighted by Gasteiger charge is 2.59. The van der Waals surface area contributed by atoms with Crippen LogP contribution in [0.15, 0.2) is 48.5 Å². The number of para-hydroxylation sites is 1. The smallest absolute Gasteiger partial charge is 0.483 e. The minimum atomic E-state index is -4.88. The van der Waals surface area contributed by atoms with Gasteiger partial charge >= 0.3 is 12.3 Å². The van der Waals surface area contributed by atoms with Crippen LogP contribution in [-0.4, -0.2) is 17.9 Å². The zero-order valence-electron chi connectivity index (χ0n) is 18.4. The largest absolute Gasteiger partial charge is 0.573 e. The third-order valence-electron chi connectivity index (χ3n) is 6.71. The Morgan fingerprint density at radius 3 is 2.28 bits per heavy atom. The summed E-state index contributed by atoms with van der Waals surface area (Å²) in [6.45, 7) is 6.14. The molecule has 0 N–H and O–H groups in total. The lowest BCUT2D eigenvalue weighted by Crippen LogP contribution is -2.52. The van der Waals surface area contributed by atoms with Gasteiger partial charge in [-0.1, -0.05) is 39.0 Å². The second-order valence-electron chi connectivity index (χ2n) is 9.73. The number of carbonyl (C=O) groups excluding carboxylic acids is 1. The zero-order chi connectivity index (χ0) is 23.1. The number of rotatable bonds is 5. The minimum absolute atomic E-state index is 0.0885. The van der Waals surface area contributed by atoms with Crippen molar-refractivity contribution in [1.29, 1.82) is 0 Å². The van der Waals surface area contributed by atoms with E-state index in [4.69, 9.17) is 9.47 Å². The Morgan fingerprint density at radius 2 is 1.72 bits per heavy atom. The molecule has 0 radical (unpaired) electrons. The fourth-order valence-electron chi connectivity index (χ4n) is 5.25. The summed E-state index contributed by atoms with van der Waals surface area (Å²) in [7, 11) is 0. The molecule has 2 saturated carbocycles. The van der Waals surface area contributed by atoms with Gasteiger partial charge in [-0.15, -0.1) is 13.2 Å². The Morgan fingerprint density at radius 1 is 1.00 bits per heavy atom. The molecule has 172 valence electrons. The van der Waals surface area contributed by atoms with E-state index in [1.165, 1.54) is 12.1 Å². The fraction of sp³-hybridized carbons (Fsp3) is 0.480. The van der Waals surface area contributed by atoms with Crippen LogP contribution in [-0.2, 0) is 0 Å². The highest BCUT2D eigenvalue weighted by molar-refractivity contribution is 5.91. The summed E-state index contributed by atoms with van der Waals surface area (Å²) in [6, 6.07) is 12.2. The van der Waals surface area contributed by atoms with Crippen molar-refractivity contribution >= 4 is 5.97 Å². The molecule has 3 atom stereocenters. The zero-order valence-corrected chi connectivity index (χ0v) is 18.4. The highest BCUT2D eigenvalue weighted by atomic mass is 19.4. The second-order valence-corrected chi connectivity index (χ2v) is 9.73. The van der Waals surface area contributed by atoms with Crippen molar-refractivity contribution in [2.24, 2.45) is 17.3 Å². The molecule has 2 bridgehead atoms. The molecule has 2 fully saturated rings. The molecule has 0 amide bonds. The van der Waals surface area contributed by atoms with Crippen molar-refractivity contribution in [3.63, 3.8) is 0 Å². The molecular formula is C25H27F3O4. The Hall–Kier alpha value is -2.70. The van der Waals surface area contributed by atoms with Crippen LogP contribution in [0.1, 0.15) is 56.8 Å². The number of esters is 1. The van der Waals surface area contributed by atoms with Crippen molar-refractivity contribution in [1.82, 2.24) is 0 Å². The molecule has 4 nitrogen and oxygen atoms in total. The molecule has 0 heterocycles. The third-order valence-corrected chi connectivity index (χ3v) is 6.71. The molecule has 2 aliphatic rings. The van der Waals surface area contributed by atoms with Crippen LogP contribution in [0.25, 0.3) is 0 Å². The minimum Gasteiger partial charge on any atom is -0.483 e. The van der Waals surface area contributed by atoms with Crippen LogP contribution in [0.2, 0.25) is 0 Å². The summed E-state index contributed by atoms with van der Waals surface area (Å²) in [5, 5.41) is 0. The standard InChI is InChI=1S/C25H27F3O4/c1-23(2,3)24(15-16-9-11-18(24)13-16)31-21-14-17(10-12-20(21)32-25(26,27)28)22(29)30-19-7-5-4-6-8-19/h4-8,10,12,14,16,18H,9,11,13,15H2,1-3H3. The molecule has 0 aliphatic heterocycles. The van der Waals surface area contributed by atoms with Crippen LogP contribution < -0.4 is 14.2 Å². The quantitative estimate of drug-likeness (QED) is 0.373. The number of carbonyl (C=O) groups is 1. The fourth-order valence-corrected chi connectivity index (χ4v) is 5.25. The van der Waals surface area contributed by atoms with Crippen molar-refractivity contribution in [3.8, 4) is 17.2 Å². The summed E-state index contributed by atoms with van der Waals surface area (Å²) in [5.41, 5.74) is -0.865. The third kappa shape index (κ3) is 4.43. The van der Waals surface area contributed by atoms with Crippen molar-refractivity contribution in [3.05, 3.63) is 54.1 Å². The Labute approximate surface area is 185 Å². The van der Waals surface area contributed by atoms with E-state index < -0.39 is 23.7 Å². The van der Waals surface area contributed by atoms with E-state index in [0.717, 1.165) is 31.7 Å². The molecular weight excluding hydrogens is 421 g/mol. The molecule has 32 heavy (non-hydrogen) atoms. The van der Waals surface area contributed by atoms with E-state index in [9.17, 15) is 18.0 Å². The van der Waals surface area contributed by atoms with Crippen LogP contribution in [0, 0.1) is 17.3 Å². The maximum atomic E-state index is 13.1. The van der Waals surface area contributed by atoms with Gasteiger partial charge in [0, 0.05) is 5.41 Å². The van der Waals surface area contributed by atoms with Gasteiger partial charge in [0.15, 0.2) is 11.5 Å². The van der Waals surface area contributed by atoms with E-state index in [-0.39, 0.29) is 22.6 Å². The van der Waals surface area contributed by atoms with E-state index in [0.29, 0.717) is 11.7 Å². The Kier molecular flexibility index (Phi) is 5.63. The summed E-state index contributed by atoms with van der Waals surface area (Å²) in [4.78, 5) is 12.7. The van der Waals surface area contributed by atoms with Gasteiger partial charge in [0.2, 0.25) is 0 Å². The molecule has 0 spiro atoms. The lowest BCUT2D eigenvalue weighted by Gasteiger charge is -2.48. The summed E-state index contributed by atoms with van der Waals surface area (Å²) >= 11 is 0. The van der Waals surface area contributed by atoms with Gasteiger partial charge in [-0.2, -0.15) is 0 Å². The number of alkyl halides is 3. The number of benzene rings is 2. The van der Waals surface area contributed by atoms with Crippen molar-refractivity contribution in [2.45, 2.75) is 58.4 Å². The molecule has 2 aromatic carbocycles.